The molecule has 40 heavy (non-hydrogen) atoms. The van der Waals surface area contributed by atoms with Gasteiger partial charge >= 0.3 is 0 Å². The number of hydrogen-bond donors (Lipinski definition) is 0. The van der Waals surface area contributed by atoms with Crippen molar-refractivity contribution in [2.24, 2.45) is 23.7 Å². The molecule has 0 saturated carbocycles. The second kappa shape index (κ2) is 24.9. The lowest BCUT2D eigenvalue weighted by Gasteiger charge is -2.12. The fourth-order valence-corrected chi connectivity index (χ4v) is 4.97. The van der Waals surface area contributed by atoms with Crippen molar-refractivity contribution in [1.82, 2.24) is 0 Å². The van der Waals surface area contributed by atoms with E-state index in [1.807, 2.05) is 0 Å². The summed E-state index contributed by atoms with van der Waals surface area (Å²) in [4.78, 5) is 0. The van der Waals surface area contributed by atoms with Crippen LogP contribution in [0.2, 0.25) is 0 Å². The highest BCUT2D eigenvalue weighted by Gasteiger charge is 2.05. The van der Waals surface area contributed by atoms with Crippen LogP contribution in [0.25, 0.3) is 0 Å². The minimum absolute atomic E-state index is 0.769. The third-order valence-electron chi connectivity index (χ3n) is 7.88. The van der Waals surface area contributed by atoms with Gasteiger partial charge in [0.2, 0.25) is 0 Å². The minimum atomic E-state index is 0.769. The highest BCUT2D eigenvalue weighted by molar-refractivity contribution is 5.27. The molecule has 0 rings (SSSR count). The molecular weight excluding hydrogens is 480 g/mol. The Kier molecular flexibility index (Phi) is 23.8. The van der Waals surface area contributed by atoms with Crippen molar-refractivity contribution in [2.45, 2.75) is 146 Å². The summed E-state index contributed by atoms with van der Waals surface area (Å²) in [5, 5.41) is 0. The van der Waals surface area contributed by atoms with Gasteiger partial charge in [-0.25, -0.2) is 0 Å². The van der Waals surface area contributed by atoms with Crippen LogP contribution in [-0.2, 0) is 0 Å². The van der Waals surface area contributed by atoms with E-state index in [2.05, 4.69) is 130 Å². The standard InChI is InChI=1S/C40H68/c1-33(2)19-13-23-37(7)27-17-31-39(9)29-15-25-35(5)21-11-12-22-36(6)26-16-30-40(10)32-18-28-38(8)24-14-20-34(3)4/h11-12,15-16,19-22,25-26,37-40H,13-14,17-18,23-24,27-32H2,1-10H3/b12-11-,25-15+,26-16+,35-21+,36-22+. The van der Waals surface area contributed by atoms with Crippen molar-refractivity contribution >= 4 is 0 Å². The summed E-state index contributed by atoms with van der Waals surface area (Å²) >= 11 is 0. The first-order valence-electron chi connectivity index (χ1n) is 16.6. The van der Waals surface area contributed by atoms with Gasteiger partial charge in [0, 0.05) is 0 Å². The SMILES string of the molecule is CC(C)=CCCC(C)CCCC(C)C/C=C/C(C)=C/C=C\C=C(C)\C=C\CC(C)CCCC(C)CCC=C(C)C. The summed E-state index contributed by atoms with van der Waals surface area (Å²) in [6.07, 6.45) is 38.4. The number of hydrogen-bond acceptors (Lipinski definition) is 0. The Balaban J connectivity index is 4.16. The molecule has 0 fully saturated rings. The van der Waals surface area contributed by atoms with Gasteiger partial charge in [0.15, 0.2) is 0 Å². The molecule has 0 aromatic rings. The first-order chi connectivity index (χ1) is 19.0. The zero-order valence-electron chi connectivity index (χ0n) is 28.6. The van der Waals surface area contributed by atoms with Crippen LogP contribution in [0.3, 0.4) is 0 Å². The Morgan fingerprint density at radius 3 is 1.18 bits per heavy atom. The molecule has 4 unspecified atom stereocenters. The zero-order chi connectivity index (χ0) is 30.2. The van der Waals surface area contributed by atoms with Crippen molar-refractivity contribution in [3.8, 4) is 0 Å². The predicted molar refractivity (Wildman–Crippen MR) is 186 cm³/mol. The van der Waals surface area contributed by atoms with E-state index in [4.69, 9.17) is 0 Å². The lowest BCUT2D eigenvalue weighted by molar-refractivity contribution is 0.427. The molecule has 0 nitrogen and oxygen atoms in total. The summed E-state index contributed by atoms with van der Waals surface area (Å²) in [7, 11) is 0. The Hall–Kier alpha value is -1.82. The van der Waals surface area contributed by atoms with E-state index < -0.39 is 0 Å². The van der Waals surface area contributed by atoms with Gasteiger partial charge in [-0.2, -0.15) is 0 Å². The fourth-order valence-electron chi connectivity index (χ4n) is 4.97. The molecule has 0 heterocycles. The van der Waals surface area contributed by atoms with Crippen molar-refractivity contribution in [3.63, 3.8) is 0 Å². The van der Waals surface area contributed by atoms with Gasteiger partial charge in [-0.1, -0.05) is 149 Å². The normalized spacial score (nSPS) is 16.1. The Morgan fingerprint density at radius 1 is 0.475 bits per heavy atom. The first kappa shape index (κ1) is 38.2. The van der Waals surface area contributed by atoms with Gasteiger partial charge in [0.1, 0.15) is 0 Å². The average molecular weight is 549 g/mol. The summed E-state index contributed by atoms with van der Waals surface area (Å²) in [6.45, 7) is 22.8. The molecule has 0 aliphatic carbocycles. The van der Waals surface area contributed by atoms with Gasteiger partial charge in [-0.05, 0) is 104 Å². The molecule has 0 aliphatic rings. The average Bonchev–Trinajstić information content (AvgIpc) is 2.86. The quantitative estimate of drug-likeness (QED) is 0.0932. The Bertz CT molecular complexity index is 759. The second-order valence-electron chi connectivity index (χ2n) is 13.5. The fraction of sp³-hybridized carbons (Fsp3) is 0.650. The molecule has 0 heteroatoms. The summed E-state index contributed by atoms with van der Waals surface area (Å²) in [5.74, 6) is 3.23. The van der Waals surface area contributed by atoms with E-state index in [0.717, 1.165) is 23.7 Å². The Labute approximate surface area is 252 Å². The van der Waals surface area contributed by atoms with Gasteiger partial charge in [0.25, 0.3) is 0 Å². The molecule has 0 aromatic carbocycles. The maximum Gasteiger partial charge on any atom is -0.0322 e. The van der Waals surface area contributed by atoms with E-state index in [-0.39, 0.29) is 0 Å². The molecule has 0 aliphatic heterocycles. The van der Waals surface area contributed by atoms with Gasteiger partial charge in [-0.15, -0.1) is 0 Å². The maximum absolute atomic E-state index is 2.41. The Morgan fingerprint density at radius 2 is 0.825 bits per heavy atom. The van der Waals surface area contributed by atoms with Crippen LogP contribution in [0.5, 0.6) is 0 Å². The highest BCUT2D eigenvalue weighted by atomic mass is 14.1. The van der Waals surface area contributed by atoms with E-state index >= 15 is 0 Å². The van der Waals surface area contributed by atoms with Crippen LogP contribution in [0.4, 0.5) is 0 Å². The van der Waals surface area contributed by atoms with Gasteiger partial charge in [-0.3, -0.25) is 0 Å². The monoisotopic (exact) mass is 549 g/mol. The molecule has 228 valence electrons. The second-order valence-corrected chi connectivity index (χ2v) is 13.5. The molecule has 0 spiro atoms. The van der Waals surface area contributed by atoms with Crippen molar-refractivity contribution < 1.29 is 0 Å². The zero-order valence-corrected chi connectivity index (χ0v) is 28.6. The third-order valence-corrected chi connectivity index (χ3v) is 7.88. The maximum atomic E-state index is 2.41. The van der Waals surface area contributed by atoms with E-state index in [1.54, 1.807) is 0 Å². The summed E-state index contributed by atoms with van der Waals surface area (Å²) < 4.78 is 0. The lowest BCUT2D eigenvalue weighted by Crippen LogP contribution is -1.98. The van der Waals surface area contributed by atoms with Crippen LogP contribution < -0.4 is 0 Å². The molecule has 0 amide bonds. The molecular formula is C40H68. The largest absolute Gasteiger partial charge is 0.0859 e. The summed E-state index contributed by atoms with van der Waals surface area (Å²) in [6, 6.07) is 0. The minimum Gasteiger partial charge on any atom is -0.0859 e. The third kappa shape index (κ3) is 26.4. The van der Waals surface area contributed by atoms with E-state index in [1.165, 1.54) is 99.3 Å². The van der Waals surface area contributed by atoms with Crippen LogP contribution in [-0.4, -0.2) is 0 Å². The van der Waals surface area contributed by atoms with Crippen LogP contribution in [0, 0.1) is 23.7 Å². The van der Waals surface area contributed by atoms with E-state index in [9.17, 15) is 0 Å². The van der Waals surface area contributed by atoms with Crippen molar-refractivity contribution in [2.75, 3.05) is 0 Å². The van der Waals surface area contributed by atoms with Crippen LogP contribution in [0.1, 0.15) is 146 Å². The smallest absolute Gasteiger partial charge is 0.0322 e. The van der Waals surface area contributed by atoms with E-state index in [0.29, 0.717) is 0 Å². The van der Waals surface area contributed by atoms with Crippen LogP contribution in [0.15, 0.2) is 83.1 Å². The van der Waals surface area contributed by atoms with Gasteiger partial charge in [0.05, 0.1) is 0 Å². The van der Waals surface area contributed by atoms with Gasteiger partial charge < -0.3 is 0 Å². The molecule has 0 N–H and O–H groups in total. The van der Waals surface area contributed by atoms with Crippen molar-refractivity contribution in [1.29, 1.82) is 0 Å². The topological polar surface area (TPSA) is 0 Å². The number of allylic oxidation sites excluding steroid dienone is 14. The molecule has 4 atom stereocenters. The first-order valence-corrected chi connectivity index (χ1v) is 16.6. The predicted octanol–water partition coefficient (Wildman–Crippen LogP) is 13.7. The molecule has 0 aromatic heterocycles. The molecule has 0 bridgehead atoms. The highest BCUT2D eigenvalue weighted by Crippen LogP contribution is 2.21. The molecule has 0 saturated heterocycles. The van der Waals surface area contributed by atoms with Crippen molar-refractivity contribution in [3.05, 3.63) is 83.1 Å². The lowest BCUT2D eigenvalue weighted by atomic mass is 9.94. The summed E-state index contributed by atoms with van der Waals surface area (Å²) in [5.41, 5.74) is 5.53. The number of rotatable bonds is 22. The molecule has 0 radical (unpaired) electrons. The van der Waals surface area contributed by atoms with Crippen LogP contribution >= 0.6 is 0 Å².